The second kappa shape index (κ2) is 9.39. The van der Waals surface area contributed by atoms with Crippen molar-refractivity contribution in [3.8, 4) is 0 Å². The molecule has 1 N–H and O–H groups in total. The van der Waals surface area contributed by atoms with E-state index in [1.807, 2.05) is 51.9 Å². The second-order valence-electron chi connectivity index (χ2n) is 8.65. The molecule has 0 atom stereocenters. The molecule has 0 aliphatic heterocycles. The fourth-order valence-electron chi connectivity index (χ4n) is 2.90. The molecule has 32 heavy (non-hydrogen) atoms. The molecule has 10 nitrogen and oxygen atoms in total. The molecule has 0 spiro atoms. The first kappa shape index (κ1) is 23.9. The van der Waals surface area contributed by atoms with E-state index in [4.69, 9.17) is 4.74 Å². The summed E-state index contributed by atoms with van der Waals surface area (Å²) in [5.41, 5.74) is 0.965. The summed E-state index contributed by atoms with van der Waals surface area (Å²) >= 11 is 0. The monoisotopic (exact) mass is 461 g/mol. The lowest BCUT2D eigenvalue weighted by atomic mass is 10.2. The lowest BCUT2D eigenvalue weighted by molar-refractivity contribution is -0.00528. The number of likely N-dealkylation sites (N-methyl/N-ethyl adjacent to an activating group) is 1. The van der Waals surface area contributed by atoms with Gasteiger partial charge in [-0.25, -0.2) is 22.9 Å². The Bertz CT molecular complexity index is 1170. The van der Waals surface area contributed by atoms with E-state index in [1.54, 1.807) is 18.5 Å². The van der Waals surface area contributed by atoms with Crippen LogP contribution < -0.4 is 10.2 Å². The maximum atomic E-state index is 13.1. The molecular weight excluding hydrogens is 430 g/mol. The van der Waals surface area contributed by atoms with Gasteiger partial charge in [0.15, 0.2) is 5.65 Å². The average molecular weight is 462 g/mol. The molecule has 0 unspecified atom stereocenters. The van der Waals surface area contributed by atoms with Crippen molar-refractivity contribution in [2.75, 3.05) is 44.5 Å². The van der Waals surface area contributed by atoms with Gasteiger partial charge in [-0.2, -0.15) is 9.40 Å². The van der Waals surface area contributed by atoms with E-state index < -0.39 is 10.0 Å². The number of pyridine rings is 1. The minimum Gasteiger partial charge on any atom is -0.374 e. The first-order chi connectivity index (χ1) is 15.0. The molecule has 0 aromatic carbocycles. The van der Waals surface area contributed by atoms with Gasteiger partial charge in [0.2, 0.25) is 10.0 Å². The Hall–Kier alpha value is -2.76. The SMILES string of the molecule is CN(C)c1cc(CNc2ccn3ncc(S(=O)(=O)N(C)CCOC(C)(C)C)c3n2)ccn1. The van der Waals surface area contributed by atoms with Crippen LogP contribution in [0.5, 0.6) is 0 Å². The fourth-order valence-corrected chi connectivity index (χ4v) is 4.11. The van der Waals surface area contributed by atoms with Crippen molar-refractivity contribution in [1.82, 2.24) is 23.9 Å². The van der Waals surface area contributed by atoms with Gasteiger partial charge in [-0.15, -0.1) is 0 Å². The van der Waals surface area contributed by atoms with Crippen molar-refractivity contribution in [3.63, 3.8) is 0 Å². The third kappa shape index (κ3) is 5.72. The van der Waals surface area contributed by atoms with Crippen LogP contribution in [-0.2, 0) is 21.3 Å². The van der Waals surface area contributed by atoms with Gasteiger partial charge in [0.1, 0.15) is 16.5 Å². The lowest BCUT2D eigenvalue weighted by Gasteiger charge is -2.22. The minimum absolute atomic E-state index is 0.0539. The van der Waals surface area contributed by atoms with Gasteiger partial charge in [-0.1, -0.05) is 0 Å². The van der Waals surface area contributed by atoms with E-state index >= 15 is 0 Å². The lowest BCUT2D eigenvalue weighted by Crippen LogP contribution is -2.32. The topological polar surface area (TPSA) is 105 Å². The molecule has 11 heteroatoms. The van der Waals surface area contributed by atoms with Gasteiger partial charge in [0.05, 0.1) is 18.4 Å². The number of aromatic nitrogens is 4. The highest BCUT2D eigenvalue weighted by Gasteiger charge is 2.26. The highest BCUT2D eigenvalue weighted by Crippen LogP contribution is 2.21. The quantitative estimate of drug-likeness (QED) is 0.517. The molecule has 0 bridgehead atoms. The number of rotatable bonds is 9. The number of anilines is 2. The van der Waals surface area contributed by atoms with E-state index in [0.29, 0.717) is 19.0 Å². The number of nitrogens with one attached hydrogen (secondary N) is 1. The van der Waals surface area contributed by atoms with Crippen LogP contribution in [0.3, 0.4) is 0 Å². The Balaban J connectivity index is 1.77. The zero-order valence-electron chi connectivity index (χ0n) is 19.4. The van der Waals surface area contributed by atoms with Gasteiger partial charge in [0.25, 0.3) is 0 Å². The molecule has 3 aromatic rings. The van der Waals surface area contributed by atoms with E-state index in [0.717, 1.165) is 11.4 Å². The standard InChI is InChI=1S/C21H31N7O3S/c1-21(2,3)31-12-11-27(6)32(29,30)17-15-24-28-10-8-18(25-20(17)28)23-14-16-7-9-22-19(13-16)26(4)5/h7-10,13,15H,11-12,14H2,1-6H3,(H,23,25). The fraction of sp³-hybridized carbons (Fsp3) is 0.476. The Kier molecular flexibility index (Phi) is 7.01. The summed E-state index contributed by atoms with van der Waals surface area (Å²) in [6.45, 7) is 6.83. The van der Waals surface area contributed by atoms with Gasteiger partial charge in [0, 0.05) is 46.6 Å². The van der Waals surface area contributed by atoms with E-state index in [2.05, 4.69) is 20.4 Å². The van der Waals surface area contributed by atoms with Gasteiger partial charge in [-0.3, -0.25) is 0 Å². The summed E-state index contributed by atoms with van der Waals surface area (Å²) in [6, 6.07) is 5.65. The highest BCUT2D eigenvalue weighted by molar-refractivity contribution is 7.89. The predicted octanol–water partition coefficient (Wildman–Crippen LogP) is 2.24. The molecule has 3 aromatic heterocycles. The van der Waals surface area contributed by atoms with Crippen LogP contribution in [-0.4, -0.2) is 72.2 Å². The smallest absolute Gasteiger partial charge is 0.248 e. The number of hydrogen-bond acceptors (Lipinski definition) is 8. The Morgan fingerprint density at radius 1 is 1.19 bits per heavy atom. The summed E-state index contributed by atoms with van der Waals surface area (Å²) in [5, 5.41) is 7.39. The van der Waals surface area contributed by atoms with Crippen LogP contribution in [0.4, 0.5) is 11.6 Å². The van der Waals surface area contributed by atoms with Crippen LogP contribution in [0.2, 0.25) is 0 Å². The third-order valence-electron chi connectivity index (χ3n) is 4.71. The van der Waals surface area contributed by atoms with Gasteiger partial charge >= 0.3 is 0 Å². The molecule has 0 aliphatic carbocycles. The first-order valence-electron chi connectivity index (χ1n) is 10.3. The number of nitrogens with zero attached hydrogens (tertiary/aromatic N) is 6. The molecule has 174 valence electrons. The van der Waals surface area contributed by atoms with Crippen LogP contribution in [0.25, 0.3) is 5.65 Å². The molecule has 0 saturated heterocycles. The largest absolute Gasteiger partial charge is 0.374 e. The number of fused-ring (bicyclic) bond motifs is 1. The molecule has 0 amide bonds. The summed E-state index contributed by atoms with van der Waals surface area (Å²) in [7, 11) is 1.62. The second-order valence-corrected chi connectivity index (χ2v) is 10.7. The van der Waals surface area contributed by atoms with Crippen LogP contribution >= 0.6 is 0 Å². The zero-order valence-corrected chi connectivity index (χ0v) is 20.2. The molecular formula is C21H31N7O3S. The normalized spacial score (nSPS) is 12.5. The molecule has 0 saturated carbocycles. The Morgan fingerprint density at radius 3 is 2.62 bits per heavy atom. The van der Waals surface area contributed by atoms with Crippen molar-refractivity contribution in [3.05, 3.63) is 42.4 Å². The summed E-state index contributed by atoms with van der Waals surface area (Å²) in [5.74, 6) is 1.41. The highest BCUT2D eigenvalue weighted by atomic mass is 32.2. The summed E-state index contributed by atoms with van der Waals surface area (Å²) in [4.78, 5) is 10.8. The summed E-state index contributed by atoms with van der Waals surface area (Å²) < 4.78 is 34.6. The molecule has 3 rings (SSSR count). The number of hydrogen-bond donors (Lipinski definition) is 1. The Morgan fingerprint density at radius 2 is 1.94 bits per heavy atom. The van der Waals surface area contributed by atoms with Crippen molar-refractivity contribution in [2.24, 2.45) is 0 Å². The van der Waals surface area contributed by atoms with Gasteiger partial charge < -0.3 is 15.0 Å². The van der Waals surface area contributed by atoms with E-state index in [9.17, 15) is 8.42 Å². The molecule has 3 heterocycles. The minimum atomic E-state index is -3.77. The molecule has 0 fully saturated rings. The molecule has 0 radical (unpaired) electrons. The van der Waals surface area contributed by atoms with Crippen LogP contribution in [0.1, 0.15) is 26.3 Å². The average Bonchev–Trinajstić information content (AvgIpc) is 3.15. The zero-order chi connectivity index (χ0) is 23.5. The van der Waals surface area contributed by atoms with Crippen molar-refractivity contribution < 1.29 is 13.2 Å². The van der Waals surface area contributed by atoms with E-state index in [1.165, 1.54) is 22.1 Å². The van der Waals surface area contributed by atoms with Crippen molar-refractivity contribution in [2.45, 2.75) is 37.8 Å². The Labute approximate surface area is 189 Å². The number of ether oxygens (including phenoxy) is 1. The van der Waals surface area contributed by atoms with Crippen LogP contribution in [0.15, 0.2) is 41.7 Å². The summed E-state index contributed by atoms with van der Waals surface area (Å²) in [6.07, 6.45) is 4.77. The van der Waals surface area contributed by atoms with Crippen molar-refractivity contribution in [1.29, 1.82) is 0 Å². The first-order valence-corrected chi connectivity index (χ1v) is 11.7. The predicted molar refractivity (Wildman–Crippen MR) is 124 cm³/mol. The van der Waals surface area contributed by atoms with Crippen LogP contribution in [0, 0.1) is 0 Å². The number of sulfonamides is 1. The maximum Gasteiger partial charge on any atom is 0.248 e. The third-order valence-corrected chi connectivity index (χ3v) is 6.55. The molecule has 0 aliphatic rings. The van der Waals surface area contributed by atoms with E-state index in [-0.39, 0.29) is 22.7 Å². The van der Waals surface area contributed by atoms with Crippen molar-refractivity contribution >= 4 is 27.3 Å². The maximum absolute atomic E-state index is 13.1. The van der Waals surface area contributed by atoms with Gasteiger partial charge in [-0.05, 0) is 44.5 Å².